The molecule has 1 fully saturated rings. The molecule has 0 aromatic carbocycles. The molecule has 1 N–H and O–H groups in total. The van der Waals surface area contributed by atoms with E-state index in [4.69, 9.17) is 4.74 Å². The molecule has 100 valence electrons. The summed E-state index contributed by atoms with van der Waals surface area (Å²) in [5.74, 6) is 0.0298. The lowest BCUT2D eigenvalue weighted by Gasteiger charge is -2.27. The fourth-order valence-corrected chi connectivity index (χ4v) is 3.24. The highest BCUT2D eigenvalue weighted by atomic mass is 32.1. The third kappa shape index (κ3) is 3.02. The maximum absolute atomic E-state index is 11.4. The van der Waals surface area contributed by atoms with Crippen molar-refractivity contribution in [3.63, 3.8) is 0 Å². The Labute approximate surface area is 112 Å². The third-order valence-corrected chi connectivity index (χ3v) is 4.62. The van der Waals surface area contributed by atoms with Crippen molar-refractivity contribution in [3.8, 4) is 0 Å². The standard InChI is InChI=1S/C13H20N2O2S/c1-8-9(2)18-13(14-8)15-11-6-4-10(5-7-11)12(16)17-3/h10-11H,4-7H2,1-3H3,(H,14,15). The molecule has 2 rings (SSSR count). The second kappa shape index (κ2) is 5.69. The second-order valence-electron chi connectivity index (χ2n) is 4.88. The molecular weight excluding hydrogens is 248 g/mol. The molecule has 1 heterocycles. The van der Waals surface area contributed by atoms with E-state index in [-0.39, 0.29) is 11.9 Å². The van der Waals surface area contributed by atoms with Crippen molar-refractivity contribution in [2.75, 3.05) is 12.4 Å². The van der Waals surface area contributed by atoms with E-state index >= 15 is 0 Å². The average Bonchev–Trinajstić information content (AvgIpc) is 2.68. The molecule has 0 aliphatic heterocycles. The Morgan fingerprint density at radius 2 is 2.00 bits per heavy atom. The number of nitrogens with one attached hydrogen (secondary N) is 1. The zero-order valence-corrected chi connectivity index (χ0v) is 12.0. The molecule has 1 saturated carbocycles. The molecule has 0 unspecified atom stereocenters. The van der Waals surface area contributed by atoms with Gasteiger partial charge in [0.1, 0.15) is 0 Å². The number of thiazole rings is 1. The van der Waals surface area contributed by atoms with Crippen LogP contribution in [0.5, 0.6) is 0 Å². The minimum absolute atomic E-state index is 0.0608. The normalized spacial score (nSPS) is 23.7. The Hall–Kier alpha value is -1.10. The number of aryl methyl sites for hydroxylation is 2. The predicted molar refractivity (Wildman–Crippen MR) is 73.0 cm³/mol. The average molecular weight is 268 g/mol. The number of anilines is 1. The Kier molecular flexibility index (Phi) is 4.22. The number of aromatic nitrogens is 1. The molecule has 4 nitrogen and oxygen atoms in total. The number of nitrogens with zero attached hydrogens (tertiary/aromatic N) is 1. The monoisotopic (exact) mass is 268 g/mol. The van der Waals surface area contributed by atoms with E-state index in [2.05, 4.69) is 17.2 Å². The van der Waals surface area contributed by atoms with Crippen LogP contribution in [0.2, 0.25) is 0 Å². The Bertz CT molecular complexity index is 403. The van der Waals surface area contributed by atoms with Crippen molar-refractivity contribution in [3.05, 3.63) is 10.6 Å². The van der Waals surface area contributed by atoms with Gasteiger partial charge in [-0.2, -0.15) is 0 Å². The van der Waals surface area contributed by atoms with E-state index < -0.39 is 0 Å². The maximum Gasteiger partial charge on any atom is 0.308 e. The molecule has 0 bridgehead atoms. The van der Waals surface area contributed by atoms with Crippen LogP contribution < -0.4 is 5.32 Å². The second-order valence-corrected chi connectivity index (χ2v) is 6.08. The van der Waals surface area contributed by atoms with Crippen LogP contribution in [0.1, 0.15) is 36.3 Å². The molecule has 0 saturated heterocycles. The van der Waals surface area contributed by atoms with Crippen LogP contribution in [0, 0.1) is 19.8 Å². The Morgan fingerprint density at radius 3 is 2.50 bits per heavy atom. The molecule has 1 aliphatic carbocycles. The largest absolute Gasteiger partial charge is 0.469 e. The SMILES string of the molecule is COC(=O)C1CCC(Nc2nc(C)c(C)s2)CC1. The lowest BCUT2D eigenvalue weighted by atomic mass is 9.86. The van der Waals surface area contributed by atoms with Crippen molar-refractivity contribution >= 4 is 22.4 Å². The lowest BCUT2D eigenvalue weighted by molar-refractivity contribution is -0.146. The first-order chi connectivity index (χ1) is 8.60. The highest BCUT2D eigenvalue weighted by Gasteiger charge is 2.27. The Morgan fingerprint density at radius 1 is 1.33 bits per heavy atom. The number of hydrogen-bond acceptors (Lipinski definition) is 5. The van der Waals surface area contributed by atoms with Gasteiger partial charge in [-0.15, -0.1) is 11.3 Å². The molecule has 0 spiro atoms. The zero-order valence-electron chi connectivity index (χ0n) is 11.2. The van der Waals surface area contributed by atoms with Gasteiger partial charge in [0.15, 0.2) is 5.13 Å². The number of esters is 1. The number of rotatable bonds is 3. The summed E-state index contributed by atoms with van der Waals surface area (Å²) in [5, 5.41) is 4.48. The quantitative estimate of drug-likeness (QED) is 0.856. The summed E-state index contributed by atoms with van der Waals surface area (Å²) in [6.45, 7) is 4.12. The molecule has 5 heteroatoms. The first-order valence-corrected chi connectivity index (χ1v) is 7.20. The number of methoxy groups -OCH3 is 1. The van der Waals surface area contributed by atoms with E-state index in [0.29, 0.717) is 6.04 Å². The molecule has 0 amide bonds. The summed E-state index contributed by atoms with van der Waals surface area (Å²) in [6, 6.07) is 0.441. The first-order valence-electron chi connectivity index (χ1n) is 6.38. The summed E-state index contributed by atoms with van der Waals surface area (Å²) in [5.41, 5.74) is 1.10. The van der Waals surface area contributed by atoms with Crippen LogP contribution in [0.15, 0.2) is 0 Å². The van der Waals surface area contributed by atoms with Crippen molar-refractivity contribution in [1.29, 1.82) is 0 Å². The van der Waals surface area contributed by atoms with Gasteiger partial charge in [-0.3, -0.25) is 4.79 Å². The van der Waals surface area contributed by atoms with Crippen LogP contribution >= 0.6 is 11.3 Å². The summed E-state index contributed by atoms with van der Waals surface area (Å²) in [6.07, 6.45) is 3.84. The molecule has 0 atom stereocenters. The summed E-state index contributed by atoms with van der Waals surface area (Å²) < 4.78 is 4.79. The van der Waals surface area contributed by atoms with E-state index in [1.54, 1.807) is 11.3 Å². The van der Waals surface area contributed by atoms with Gasteiger partial charge in [-0.1, -0.05) is 0 Å². The smallest absolute Gasteiger partial charge is 0.308 e. The summed E-state index contributed by atoms with van der Waals surface area (Å²) >= 11 is 1.71. The number of ether oxygens (including phenoxy) is 1. The summed E-state index contributed by atoms with van der Waals surface area (Å²) in [4.78, 5) is 17.2. The molecule has 1 aliphatic rings. The minimum atomic E-state index is -0.0608. The van der Waals surface area contributed by atoms with Gasteiger partial charge in [-0.25, -0.2) is 4.98 Å². The molecule has 18 heavy (non-hydrogen) atoms. The van der Waals surface area contributed by atoms with Crippen LogP contribution in [-0.4, -0.2) is 24.1 Å². The fraction of sp³-hybridized carbons (Fsp3) is 0.692. The molecular formula is C13H20N2O2S. The number of carbonyl (C=O) groups is 1. The van der Waals surface area contributed by atoms with E-state index in [0.717, 1.165) is 36.5 Å². The van der Waals surface area contributed by atoms with Crippen molar-refractivity contribution in [2.45, 2.75) is 45.6 Å². The third-order valence-electron chi connectivity index (χ3n) is 3.62. The van der Waals surface area contributed by atoms with E-state index in [1.165, 1.54) is 12.0 Å². The number of hydrogen-bond donors (Lipinski definition) is 1. The van der Waals surface area contributed by atoms with Crippen LogP contribution in [-0.2, 0) is 9.53 Å². The van der Waals surface area contributed by atoms with Crippen LogP contribution in [0.3, 0.4) is 0 Å². The van der Waals surface area contributed by atoms with Gasteiger partial charge >= 0.3 is 5.97 Å². The molecule has 1 aromatic heterocycles. The van der Waals surface area contributed by atoms with Gasteiger partial charge in [0.25, 0.3) is 0 Å². The lowest BCUT2D eigenvalue weighted by Crippen LogP contribution is -2.29. The highest BCUT2D eigenvalue weighted by Crippen LogP contribution is 2.29. The van der Waals surface area contributed by atoms with Gasteiger partial charge in [0.05, 0.1) is 18.7 Å². The van der Waals surface area contributed by atoms with Gasteiger partial charge in [0, 0.05) is 10.9 Å². The van der Waals surface area contributed by atoms with Crippen LogP contribution in [0.25, 0.3) is 0 Å². The Balaban J connectivity index is 1.85. The van der Waals surface area contributed by atoms with Gasteiger partial charge < -0.3 is 10.1 Å². The number of carbonyl (C=O) groups excluding carboxylic acids is 1. The van der Waals surface area contributed by atoms with Crippen molar-refractivity contribution in [2.24, 2.45) is 5.92 Å². The van der Waals surface area contributed by atoms with Gasteiger partial charge in [0.2, 0.25) is 0 Å². The molecule has 1 aromatic rings. The fourth-order valence-electron chi connectivity index (χ4n) is 2.35. The maximum atomic E-state index is 11.4. The topological polar surface area (TPSA) is 51.2 Å². The minimum Gasteiger partial charge on any atom is -0.469 e. The highest BCUT2D eigenvalue weighted by molar-refractivity contribution is 7.15. The predicted octanol–water partition coefficient (Wildman–Crippen LogP) is 2.90. The van der Waals surface area contributed by atoms with Gasteiger partial charge in [-0.05, 0) is 39.5 Å². The van der Waals surface area contributed by atoms with Crippen LogP contribution in [0.4, 0.5) is 5.13 Å². The first kappa shape index (κ1) is 13.3. The van der Waals surface area contributed by atoms with E-state index in [1.807, 2.05) is 6.92 Å². The zero-order chi connectivity index (χ0) is 13.1. The van der Waals surface area contributed by atoms with E-state index in [9.17, 15) is 4.79 Å². The molecule has 0 radical (unpaired) electrons. The van der Waals surface area contributed by atoms with Crippen molar-refractivity contribution < 1.29 is 9.53 Å². The van der Waals surface area contributed by atoms with Crippen molar-refractivity contribution in [1.82, 2.24) is 4.98 Å². The summed E-state index contributed by atoms with van der Waals surface area (Å²) in [7, 11) is 1.47.